The van der Waals surface area contributed by atoms with Crippen LogP contribution in [0.25, 0.3) is 5.76 Å². The molecule has 0 aliphatic carbocycles. The maximum absolute atomic E-state index is 13.7. The fraction of sp³-hybridized carbons (Fsp3) is 0.290. The van der Waals surface area contributed by atoms with E-state index in [1.807, 2.05) is 56.3 Å². The predicted octanol–water partition coefficient (Wildman–Crippen LogP) is 7.10. The van der Waals surface area contributed by atoms with E-state index in [-0.39, 0.29) is 32.7 Å². The van der Waals surface area contributed by atoms with Gasteiger partial charge in [0.1, 0.15) is 10.8 Å². The molecule has 0 bridgehead atoms. The second-order valence-corrected chi connectivity index (χ2v) is 10.4. The van der Waals surface area contributed by atoms with E-state index in [0.29, 0.717) is 11.3 Å². The van der Waals surface area contributed by atoms with Gasteiger partial charge in [0, 0.05) is 24.5 Å². The number of aliphatic hydroxyl groups excluding tert-OH is 1. The van der Waals surface area contributed by atoms with Crippen molar-refractivity contribution in [2.24, 2.45) is 0 Å². The summed E-state index contributed by atoms with van der Waals surface area (Å²) in [6.45, 7) is 9.65. The average Bonchev–Trinajstić information content (AvgIpc) is 3.19. The number of rotatable bonds is 8. The van der Waals surface area contributed by atoms with Gasteiger partial charge in [0.05, 0.1) is 36.4 Å². The van der Waals surface area contributed by atoms with Gasteiger partial charge in [-0.1, -0.05) is 41.4 Å². The number of benzene rings is 3. The number of Topliss-reactive ketones (excluding diaryl/α,β-unsaturated/α-hetero) is 1. The first-order valence-corrected chi connectivity index (χ1v) is 13.7. The van der Waals surface area contributed by atoms with E-state index < -0.39 is 23.5 Å². The molecule has 3 aromatic carbocycles. The number of amides is 1. The first kappa shape index (κ1) is 29.3. The van der Waals surface area contributed by atoms with Gasteiger partial charge in [-0.3, -0.25) is 14.5 Å². The third kappa shape index (κ3) is 5.11. The van der Waals surface area contributed by atoms with Gasteiger partial charge in [-0.15, -0.1) is 0 Å². The number of hydrogen-bond acceptors (Lipinski definition) is 6. The molecule has 40 heavy (non-hydrogen) atoms. The molecule has 0 radical (unpaired) electrons. The van der Waals surface area contributed by atoms with Gasteiger partial charge in [0.25, 0.3) is 11.7 Å². The van der Waals surface area contributed by atoms with Crippen LogP contribution in [0.1, 0.15) is 42.1 Å². The molecule has 7 nitrogen and oxygen atoms in total. The average molecular weight is 584 g/mol. The molecule has 0 saturated carbocycles. The molecule has 1 heterocycles. The summed E-state index contributed by atoms with van der Waals surface area (Å²) in [4.78, 5) is 30.9. The summed E-state index contributed by atoms with van der Waals surface area (Å²) in [5.41, 5.74) is 4.05. The van der Waals surface area contributed by atoms with Crippen molar-refractivity contribution >= 4 is 52.0 Å². The molecule has 0 aromatic heterocycles. The number of hydrogen-bond donors (Lipinski definition) is 1. The zero-order chi connectivity index (χ0) is 29.3. The smallest absolute Gasteiger partial charge is 0.300 e. The van der Waals surface area contributed by atoms with Crippen molar-refractivity contribution < 1.29 is 24.2 Å². The predicted molar refractivity (Wildman–Crippen MR) is 160 cm³/mol. The standard InChI is InChI=1S/C31H32Cl2N2O5/c1-7-34(8-2)20-11-9-19(10-12-20)26-24(27(36)22-16-23(32)30(40-6)25(33)29(22)39-5)28(37)31(38)35(26)21-14-17(3)13-18(4)15-21/h9-16,26,36H,7-8H2,1-6H3/b27-24+. The molecule has 9 heteroatoms. The fourth-order valence-electron chi connectivity index (χ4n) is 5.25. The van der Waals surface area contributed by atoms with Gasteiger partial charge in [-0.25, -0.2) is 0 Å². The van der Waals surface area contributed by atoms with E-state index in [4.69, 9.17) is 32.7 Å². The maximum Gasteiger partial charge on any atom is 0.300 e. The van der Waals surface area contributed by atoms with Crippen LogP contribution in [-0.4, -0.2) is 44.1 Å². The molecule has 1 saturated heterocycles. The van der Waals surface area contributed by atoms with Gasteiger partial charge < -0.3 is 19.5 Å². The third-order valence-electron chi connectivity index (χ3n) is 7.06. The Balaban J connectivity index is 2.00. The number of aliphatic hydroxyl groups is 1. The topological polar surface area (TPSA) is 79.3 Å². The highest BCUT2D eigenvalue weighted by molar-refractivity contribution is 6.52. The van der Waals surface area contributed by atoms with E-state index in [1.54, 1.807) is 0 Å². The van der Waals surface area contributed by atoms with Gasteiger partial charge in [-0.2, -0.15) is 0 Å². The van der Waals surface area contributed by atoms with E-state index >= 15 is 0 Å². The normalized spacial score (nSPS) is 16.4. The van der Waals surface area contributed by atoms with Crippen molar-refractivity contribution in [1.82, 2.24) is 0 Å². The summed E-state index contributed by atoms with van der Waals surface area (Å²) >= 11 is 12.9. The molecule has 210 valence electrons. The minimum Gasteiger partial charge on any atom is -0.507 e. The number of ether oxygens (including phenoxy) is 2. The van der Waals surface area contributed by atoms with Crippen LogP contribution < -0.4 is 19.3 Å². The Hall–Kier alpha value is -3.68. The summed E-state index contributed by atoms with van der Waals surface area (Å²) in [5.74, 6) is -1.82. The minimum atomic E-state index is -0.920. The molecule has 1 unspecified atom stereocenters. The van der Waals surface area contributed by atoms with E-state index in [0.717, 1.165) is 29.9 Å². The third-order valence-corrected chi connectivity index (χ3v) is 7.69. The quantitative estimate of drug-likeness (QED) is 0.173. The van der Waals surface area contributed by atoms with Crippen LogP contribution in [-0.2, 0) is 9.59 Å². The van der Waals surface area contributed by atoms with Crippen LogP contribution >= 0.6 is 23.2 Å². The van der Waals surface area contributed by atoms with Crippen molar-refractivity contribution in [3.05, 3.63) is 86.4 Å². The minimum absolute atomic E-state index is 0.0303. The molecule has 1 N–H and O–H groups in total. The van der Waals surface area contributed by atoms with Crippen LogP contribution in [0.5, 0.6) is 11.5 Å². The van der Waals surface area contributed by atoms with Crippen molar-refractivity contribution in [2.45, 2.75) is 33.7 Å². The molecule has 1 atom stereocenters. The lowest BCUT2D eigenvalue weighted by Crippen LogP contribution is -2.29. The Labute approximate surface area is 244 Å². The lowest BCUT2D eigenvalue weighted by atomic mass is 9.94. The Morgan fingerprint density at radius 1 is 0.925 bits per heavy atom. The van der Waals surface area contributed by atoms with Crippen molar-refractivity contribution in [3.63, 3.8) is 0 Å². The number of ketones is 1. The number of anilines is 2. The van der Waals surface area contributed by atoms with Gasteiger partial charge >= 0.3 is 0 Å². The molecule has 1 aliphatic heterocycles. The molecular weight excluding hydrogens is 551 g/mol. The van der Waals surface area contributed by atoms with Crippen molar-refractivity contribution in [3.8, 4) is 11.5 Å². The number of nitrogens with zero attached hydrogens (tertiary/aromatic N) is 2. The highest BCUT2D eigenvalue weighted by atomic mass is 35.5. The Morgan fingerprint density at radius 3 is 2.02 bits per heavy atom. The summed E-state index contributed by atoms with van der Waals surface area (Å²) in [5, 5.41) is 11.8. The summed E-state index contributed by atoms with van der Waals surface area (Å²) in [6.07, 6.45) is 0. The van der Waals surface area contributed by atoms with Crippen LogP contribution in [0.4, 0.5) is 11.4 Å². The van der Waals surface area contributed by atoms with E-state index in [1.165, 1.54) is 25.2 Å². The number of carbonyl (C=O) groups excluding carboxylic acids is 2. The Bertz CT molecular complexity index is 1480. The molecule has 1 fully saturated rings. The van der Waals surface area contributed by atoms with Crippen LogP contribution in [0, 0.1) is 13.8 Å². The monoisotopic (exact) mass is 582 g/mol. The summed E-state index contributed by atoms with van der Waals surface area (Å²) in [6, 6.07) is 13.8. The molecule has 4 rings (SSSR count). The maximum atomic E-state index is 13.7. The lowest BCUT2D eigenvalue weighted by molar-refractivity contribution is -0.132. The first-order valence-electron chi connectivity index (χ1n) is 12.9. The molecule has 1 aliphatic rings. The van der Waals surface area contributed by atoms with Crippen LogP contribution in [0.15, 0.2) is 54.1 Å². The highest BCUT2D eigenvalue weighted by Crippen LogP contribution is 2.48. The fourth-order valence-corrected chi connectivity index (χ4v) is 5.94. The van der Waals surface area contributed by atoms with Gasteiger partial charge in [0.2, 0.25) is 0 Å². The second-order valence-electron chi connectivity index (χ2n) is 9.57. The largest absolute Gasteiger partial charge is 0.507 e. The molecule has 0 spiro atoms. The molecular formula is C31H32Cl2N2O5. The number of halogens is 2. The lowest BCUT2D eigenvalue weighted by Gasteiger charge is -2.27. The molecule has 3 aromatic rings. The van der Waals surface area contributed by atoms with Gasteiger partial charge in [0.15, 0.2) is 11.5 Å². The molecule has 1 amide bonds. The van der Waals surface area contributed by atoms with Crippen molar-refractivity contribution in [2.75, 3.05) is 37.1 Å². The Kier molecular flexibility index (Phi) is 8.66. The SMILES string of the molecule is CCN(CC)c1ccc(C2/C(=C(\O)c3cc(Cl)c(OC)c(Cl)c3OC)C(=O)C(=O)N2c2cc(C)cc(C)c2)cc1. The zero-order valence-electron chi connectivity index (χ0n) is 23.3. The summed E-state index contributed by atoms with van der Waals surface area (Å²) < 4.78 is 10.8. The van der Waals surface area contributed by atoms with Gasteiger partial charge in [-0.05, 0) is 74.7 Å². The highest BCUT2D eigenvalue weighted by Gasteiger charge is 2.47. The van der Waals surface area contributed by atoms with E-state index in [2.05, 4.69) is 18.7 Å². The first-order chi connectivity index (χ1) is 19.1. The van der Waals surface area contributed by atoms with E-state index in [9.17, 15) is 14.7 Å². The number of methoxy groups -OCH3 is 2. The van der Waals surface area contributed by atoms with Crippen LogP contribution in [0.3, 0.4) is 0 Å². The van der Waals surface area contributed by atoms with Crippen LogP contribution in [0.2, 0.25) is 10.0 Å². The second kappa shape index (κ2) is 11.8. The Morgan fingerprint density at radius 2 is 1.50 bits per heavy atom. The van der Waals surface area contributed by atoms with Crippen molar-refractivity contribution in [1.29, 1.82) is 0 Å². The number of carbonyl (C=O) groups is 2. The number of aryl methyl sites for hydroxylation is 2. The summed E-state index contributed by atoms with van der Waals surface area (Å²) in [7, 11) is 2.78. The zero-order valence-corrected chi connectivity index (χ0v) is 24.9.